The van der Waals surface area contributed by atoms with Crippen molar-refractivity contribution in [2.75, 3.05) is 0 Å². The van der Waals surface area contributed by atoms with E-state index in [1.54, 1.807) is 17.0 Å². The number of rotatable bonds is 4. The van der Waals surface area contributed by atoms with Crippen LogP contribution in [0, 0.1) is 0 Å². The summed E-state index contributed by atoms with van der Waals surface area (Å²) >= 11 is 4.81. The fraction of sp³-hybridized carbons (Fsp3) is 0.300. The van der Waals surface area contributed by atoms with E-state index >= 15 is 0 Å². The summed E-state index contributed by atoms with van der Waals surface area (Å²) in [5, 5.41) is 5.59. The monoisotopic (exact) mass is 314 g/mol. The number of carbonyl (C=O) groups is 1. The molecule has 2 rings (SSSR count). The molecular formula is C10H11BrN4OS. The number of halogens is 1. The van der Waals surface area contributed by atoms with Crippen LogP contribution in [0.5, 0.6) is 0 Å². The number of hydrogen-bond acceptors (Lipinski definition) is 4. The minimum Gasteiger partial charge on any atom is -0.344 e. The normalized spacial score (nSPS) is 10.5. The van der Waals surface area contributed by atoms with Crippen molar-refractivity contribution >= 4 is 33.2 Å². The van der Waals surface area contributed by atoms with E-state index in [1.807, 2.05) is 12.3 Å². The van der Waals surface area contributed by atoms with E-state index in [0.717, 1.165) is 5.01 Å². The Balaban J connectivity index is 2.04. The first kappa shape index (κ1) is 12.3. The van der Waals surface area contributed by atoms with Gasteiger partial charge < -0.3 is 9.88 Å². The maximum absolute atomic E-state index is 11.9. The summed E-state index contributed by atoms with van der Waals surface area (Å²) in [6.07, 6.45) is 3.28. The average Bonchev–Trinajstić information content (AvgIpc) is 2.94. The summed E-state index contributed by atoms with van der Waals surface area (Å²) in [5.41, 5.74) is 0.552. The van der Waals surface area contributed by atoms with E-state index in [2.05, 4.69) is 31.2 Å². The van der Waals surface area contributed by atoms with Crippen molar-refractivity contribution in [3.63, 3.8) is 0 Å². The van der Waals surface area contributed by atoms with Gasteiger partial charge in [0.25, 0.3) is 5.91 Å². The van der Waals surface area contributed by atoms with E-state index in [1.165, 1.54) is 11.3 Å². The van der Waals surface area contributed by atoms with Gasteiger partial charge in [-0.25, -0.2) is 9.97 Å². The fourth-order valence-electron chi connectivity index (χ4n) is 1.42. The molecule has 0 unspecified atom stereocenters. The van der Waals surface area contributed by atoms with Gasteiger partial charge in [0.2, 0.25) is 0 Å². The van der Waals surface area contributed by atoms with Gasteiger partial charge in [0.1, 0.15) is 10.7 Å². The van der Waals surface area contributed by atoms with Crippen LogP contribution < -0.4 is 5.32 Å². The smallest absolute Gasteiger partial charge is 0.269 e. The first-order chi connectivity index (χ1) is 8.22. The minimum absolute atomic E-state index is 0.139. The molecule has 7 heteroatoms. The highest BCUT2D eigenvalue weighted by Gasteiger charge is 2.13. The van der Waals surface area contributed by atoms with Crippen molar-refractivity contribution in [1.82, 2.24) is 19.9 Å². The summed E-state index contributed by atoms with van der Waals surface area (Å²) in [5.74, 6) is -0.139. The third kappa shape index (κ3) is 2.73. The molecular weight excluding hydrogens is 304 g/mol. The topological polar surface area (TPSA) is 59.8 Å². The number of carbonyl (C=O) groups excluding carboxylic acids is 1. The third-order valence-electron chi connectivity index (χ3n) is 2.24. The Morgan fingerprint density at radius 3 is 3.06 bits per heavy atom. The quantitative estimate of drug-likeness (QED) is 0.939. The number of nitrogens with one attached hydrogen (secondary N) is 1. The number of amides is 1. The number of thiazole rings is 1. The molecule has 0 saturated heterocycles. The minimum atomic E-state index is -0.139. The van der Waals surface area contributed by atoms with Gasteiger partial charge >= 0.3 is 0 Å². The number of nitrogens with zero attached hydrogens (tertiary/aromatic N) is 3. The highest BCUT2D eigenvalue weighted by atomic mass is 79.9. The standard InChI is InChI=1S/C10H11BrN4OS/c1-2-15-7(5-14-10(15)11)9(16)13-6-8-12-3-4-17-8/h3-5H,2,6H2,1H3,(H,13,16). The Morgan fingerprint density at radius 1 is 1.59 bits per heavy atom. The molecule has 90 valence electrons. The lowest BCUT2D eigenvalue weighted by Crippen LogP contribution is -2.25. The van der Waals surface area contributed by atoms with Crippen LogP contribution in [0.3, 0.4) is 0 Å². The number of hydrogen-bond donors (Lipinski definition) is 1. The Bertz CT molecular complexity index is 508. The Hall–Kier alpha value is -1.21. The van der Waals surface area contributed by atoms with Crippen molar-refractivity contribution in [3.05, 3.63) is 33.2 Å². The molecule has 2 heterocycles. The van der Waals surface area contributed by atoms with Crippen LogP contribution in [0.2, 0.25) is 0 Å². The molecule has 0 aromatic carbocycles. The highest BCUT2D eigenvalue weighted by Crippen LogP contribution is 2.12. The van der Waals surface area contributed by atoms with E-state index in [0.29, 0.717) is 23.5 Å². The van der Waals surface area contributed by atoms with Gasteiger partial charge in [-0.3, -0.25) is 4.79 Å². The van der Waals surface area contributed by atoms with Gasteiger partial charge in [-0.2, -0.15) is 0 Å². The molecule has 0 bridgehead atoms. The van der Waals surface area contributed by atoms with Crippen molar-refractivity contribution in [3.8, 4) is 0 Å². The van der Waals surface area contributed by atoms with Gasteiger partial charge in [-0.1, -0.05) is 0 Å². The molecule has 1 N–H and O–H groups in total. The first-order valence-corrected chi connectivity index (χ1v) is 6.77. The van der Waals surface area contributed by atoms with Crippen molar-refractivity contribution in [2.45, 2.75) is 20.0 Å². The molecule has 0 aliphatic rings. The molecule has 0 fully saturated rings. The predicted molar refractivity (Wildman–Crippen MR) is 68.9 cm³/mol. The van der Waals surface area contributed by atoms with Crippen LogP contribution in [0.15, 0.2) is 22.5 Å². The summed E-state index contributed by atoms with van der Waals surface area (Å²) < 4.78 is 2.47. The Morgan fingerprint density at radius 2 is 2.41 bits per heavy atom. The average molecular weight is 315 g/mol. The van der Waals surface area contributed by atoms with Crippen LogP contribution in [-0.2, 0) is 13.1 Å². The van der Waals surface area contributed by atoms with Gasteiger partial charge in [-0.05, 0) is 22.9 Å². The zero-order valence-corrected chi connectivity index (χ0v) is 11.6. The van der Waals surface area contributed by atoms with Crippen molar-refractivity contribution < 1.29 is 4.79 Å². The lowest BCUT2D eigenvalue weighted by atomic mass is 10.4. The number of imidazole rings is 1. The molecule has 0 saturated carbocycles. The molecule has 2 aromatic heterocycles. The second kappa shape index (κ2) is 5.42. The zero-order chi connectivity index (χ0) is 12.3. The Kier molecular flexibility index (Phi) is 3.90. The third-order valence-corrected chi connectivity index (χ3v) is 3.65. The van der Waals surface area contributed by atoms with E-state index in [4.69, 9.17) is 0 Å². The molecule has 1 amide bonds. The molecule has 0 aliphatic carbocycles. The first-order valence-electron chi connectivity index (χ1n) is 5.10. The summed E-state index contributed by atoms with van der Waals surface area (Å²) in [4.78, 5) is 20.1. The van der Waals surface area contributed by atoms with E-state index < -0.39 is 0 Å². The van der Waals surface area contributed by atoms with Crippen molar-refractivity contribution in [1.29, 1.82) is 0 Å². The van der Waals surface area contributed by atoms with Crippen LogP contribution >= 0.6 is 27.3 Å². The predicted octanol–water partition coefficient (Wildman–Crippen LogP) is 2.05. The van der Waals surface area contributed by atoms with Crippen LogP contribution in [0.4, 0.5) is 0 Å². The van der Waals surface area contributed by atoms with Gasteiger partial charge in [0, 0.05) is 18.1 Å². The fourth-order valence-corrected chi connectivity index (χ4v) is 2.52. The molecule has 0 atom stereocenters. The van der Waals surface area contributed by atoms with Gasteiger partial charge in [0.05, 0.1) is 12.7 Å². The van der Waals surface area contributed by atoms with Gasteiger partial charge in [-0.15, -0.1) is 11.3 Å². The summed E-state index contributed by atoms with van der Waals surface area (Å²) in [6, 6.07) is 0. The van der Waals surface area contributed by atoms with E-state index in [-0.39, 0.29) is 5.91 Å². The number of aromatic nitrogens is 3. The van der Waals surface area contributed by atoms with Crippen LogP contribution in [-0.4, -0.2) is 20.4 Å². The lowest BCUT2D eigenvalue weighted by Gasteiger charge is -2.06. The Labute approximate surface area is 111 Å². The molecule has 17 heavy (non-hydrogen) atoms. The van der Waals surface area contributed by atoms with Crippen LogP contribution in [0.25, 0.3) is 0 Å². The molecule has 0 spiro atoms. The van der Waals surface area contributed by atoms with Gasteiger partial charge in [0.15, 0.2) is 4.73 Å². The maximum Gasteiger partial charge on any atom is 0.269 e. The zero-order valence-electron chi connectivity index (χ0n) is 9.18. The maximum atomic E-state index is 11.9. The second-order valence-electron chi connectivity index (χ2n) is 3.27. The second-order valence-corrected chi connectivity index (χ2v) is 4.95. The summed E-state index contributed by atoms with van der Waals surface area (Å²) in [6.45, 7) is 3.10. The molecule has 0 radical (unpaired) electrons. The van der Waals surface area contributed by atoms with Crippen LogP contribution in [0.1, 0.15) is 22.4 Å². The molecule has 2 aromatic rings. The SMILES string of the molecule is CCn1c(C(=O)NCc2nccs2)cnc1Br. The summed E-state index contributed by atoms with van der Waals surface area (Å²) in [7, 11) is 0. The highest BCUT2D eigenvalue weighted by molar-refractivity contribution is 9.10. The lowest BCUT2D eigenvalue weighted by molar-refractivity contribution is 0.0941. The molecule has 5 nitrogen and oxygen atoms in total. The largest absolute Gasteiger partial charge is 0.344 e. The van der Waals surface area contributed by atoms with E-state index in [9.17, 15) is 4.79 Å². The van der Waals surface area contributed by atoms with Crippen molar-refractivity contribution in [2.24, 2.45) is 0 Å². The molecule has 0 aliphatic heterocycles.